The van der Waals surface area contributed by atoms with Crippen molar-refractivity contribution >= 4 is 34.0 Å². The number of anilines is 2. The van der Waals surface area contributed by atoms with Crippen LogP contribution in [0, 0.1) is 11.7 Å². The molecule has 2 heterocycles. The molecule has 0 N–H and O–H groups in total. The molecule has 31 heavy (non-hydrogen) atoms. The van der Waals surface area contributed by atoms with Gasteiger partial charge in [0.05, 0.1) is 5.69 Å². The van der Waals surface area contributed by atoms with Crippen LogP contribution in [0.3, 0.4) is 0 Å². The molecular formula is C24H24FN3O2S. The average molecular weight is 438 g/mol. The summed E-state index contributed by atoms with van der Waals surface area (Å²) in [5, 5.41) is 2.61. The van der Waals surface area contributed by atoms with E-state index in [-0.39, 0.29) is 17.7 Å². The van der Waals surface area contributed by atoms with Crippen LogP contribution >= 0.6 is 11.3 Å². The topological polar surface area (TPSA) is 53.5 Å². The molecule has 0 unspecified atom stereocenters. The lowest BCUT2D eigenvalue weighted by molar-refractivity contribution is -0.121. The highest BCUT2D eigenvalue weighted by atomic mass is 32.1. The predicted molar refractivity (Wildman–Crippen MR) is 122 cm³/mol. The maximum atomic E-state index is 13.6. The molecule has 1 aliphatic rings. The van der Waals surface area contributed by atoms with E-state index in [9.17, 15) is 14.0 Å². The van der Waals surface area contributed by atoms with Gasteiger partial charge >= 0.3 is 0 Å². The monoisotopic (exact) mass is 437 g/mol. The first kappa shape index (κ1) is 21.2. The maximum Gasteiger partial charge on any atom is 0.258 e. The summed E-state index contributed by atoms with van der Waals surface area (Å²) in [7, 11) is 1.74. The van der Waals surface area contributed by atoms with Gasteiger partial charge in [-0.1, -0.05) is 26.0 Å². The van der Waals surface area contributed by atoms with Crippen molar-refractivity contribution in [3.8, 4) is 11.3 Å². The SMILES string of the molecule is CC(C)C(=O)N(C)c1nc(-c2ccc3c(c2)CCCN3C(=O)c2cccc(F)c2)cs1. The molecule has 0 radical (unpaired) electrons. The summed E-state index contributed by atoms with van der Waals surface area (Å²) in [6.07, 6.45) is 1.70. The standard InChI is InChI=1S/C24H24FN3O2S/c1-15(2)22(29)27(3)24-26-20(14-31-24)16-9-10-21-17(12-16)7-5-11-28(21)23(30)18-6-4-8-19(25)13-18/h4,6,8-10,12-15H,5,7,11H2,1-3H3. The van der Waals surface area contributed by atoms with Crippen molar-refractivity contribution in [3.05, 3.63) is 64.8 Å². The molecule has 2 amide bonds. The van der Waals surface area contributed by atoms with Crippen molar-refractivity contribution in [2.75, 3.05) is 23.4 Å². The first-order chi connectivity index (χ1) is 14.8. The van der Waals surface area contributed by atoms with Gasteiger partial charge in [0, 0.05) is 41.7 Å². The molecule has 1 aliphatic heterocycles. The number of halogens is 1. The number of hydrogen-bond donors (Lipinski definition) is 0. The molecule has 7 heteroatoms. The van der Waals surface area contributed by atoms with Crippen molar-refractivity contribution in [1.82, 2.24) is 4.98 Å². The highest BCUT2D eigenvalue weighted by Gasteiger charge is 2.25. The number of hydrogen-bond acceptors (Lipinski definition) is 4. The maximum absolute atomic E-state index is 13.6. The van der Waals surface area contributed by atoms with Crippen LogP contribution in [-0.2, 0) is 11.2 Å². The van der Waals surface area contributed by atoms with Gasteiger partial charge in [-0.05, 0) is 48.7 Å². The van der Waals surface area contributed by atoms with E-state index in [4.69, 9.17) is 0 Å². The quantitative estimate of drug-likeness (QED) is 0.566. The minimum absolute atomic E-state index is 0.0258. The van der Waals surface area contributed by atoms with E-state index < -0.39 is 5.82 Å². The zero-order valence-corrected chi connectivity index (χ0v) is 18.6. The van der Waals surface area contributed by atoms with Crippen LogP contribution in [0.1, 0.15) is 36.2 Å². The van der Waals surface area contributed by atoms with Gasteiger partial charge < -0.3 is 4.90 Å². The van der Waals surface area contributed by atoms with Gasteiger partial charge in [-0.2, -0.15) is 0 Å². The van der Waals surface area contributed by atoms with Gasteiger partial charge in [-0.25, -0.2) is 9.37 Å². The average Bonchev–Trinajstić information content (AvgIpc) is 3.27. The van der Waals surface area contributed by atoms with Crippen molar-refractivity contribution < 1.29 is 14.0 Å². The van der Waals surface area contributed by atoms with Gasteiger partial charge in [-0.3, -0.25) is 14.5 Å². The zero-order valence-electron chi connectivity index (χ0n) is 17.8. The van der Waals surface area contributed by atoms with Crippen LogP contribution < -0.4 is 9.80 Å². The summed E-state index contributed by atoms with van der Waals surface area (Å²) in [6.45, 7) is 4.34. The number of amides is 2. The molecular weight excluding hydrogens is 413 g/mol. The van der Waals surface area contributed by atoms with Crippen molar-refractivity contribution in [3.63, 3.8) is 0 Å². The fourth-order valence-corrected chi connectivity index (χ4v) is 4.58. The van der Waals surface area contributed by atoms with E-state index in [2.05, 4.69) is 11.1 Å². The van der Waals surface area contributed by atoms with E-state index in [1.807, 2.05) is 31.4 Å². The Labute approximate surface area is 185 Å². The van der Waals surface area contributed by atoms with E-state index in [1.165, 1.54) is 23.5 Å². The lowest BCUT2D eigenvalue weighted by Crippen LogP contribution is -2.35. The minimum Gasteiger partial charge on any atom is -0.308 e. The van der Waals surface area contributed by atoms with Gasteiger partial charge in [0.1, 0.15) is 5.82 Å². The first-order valence-electron chi connectivity index (χ1n) is 10.3. The Hall–Kier alpha value is -3.06. The summed E-state index contributed by atoms with van der Waals surface area (Å²) in [5.74, 6) is -0.683. The van der Waals surface area contributed by atoms with Crippen molar-refractivity contribution in [2.24, 2.45) is 5.92 Å². The number of fused-ring (bicyclic) bond motifs is 1. The van der Waals surface area contributed by atoms with Crippen LogP contribution in [0.25, 0.3) is 11.3 Å². The van der Waals surface area contributed by atoms with E-state index in [0.717, 1.165) is 35.3 Å². The number of benzene rings is 2. The number of rotatable bonds is 4. The number of aromatic nitrogens is 1. The molecule has 0 saturated heterocycles. The summed E-state index contributed by atoms with van der Waals surface area (Å²) in [6, 6.07) is 11.7. The van der Waals surface area contributed by atoms with E-state index in [0.29, 0.717) is 17.2 Å². The highest BCUT2D eigenvalue weighted by Crippen LogP contribution is 2.34. The number of aryl methyl sites for hydroxylation is 1. The van der Waals surface area contributed by atoms with Crippen LogP contribution in [-0.4, -0.2) is 30.4 Å². The predicted octanol–water partition coefficient (Wildman–Crippen LogP) is 5.16. The molecule has 160 valence electrons. The summed E-state index contributed by atoms with van der Waals surface area (Å²) in [4.78, 5) is 33.2. The second-order valence-corrected chi connectivity index (χ2v) is 8.82. The van der Waals surface area contributed by atoms with Gasteiger partial charge in [0.25, 0.3) is 5.91 Å². The number of carbonyl (C=O) groups excluding carboxylic acids is 2. The van der Waals surface area contributed by atoms with Gasteiger partial charge in [0.15, 0.2) is 5.13 Å². The second-order valence-electron chi connectivity index (χ2n) is 7.98. The Balaban J connectivity index is 1.61. The molecule has 0 aliphatic carbocycles. The third kappa shape index (κ3) is 4.23. The molecule has 3 aromatic rings. The van der Waals surface area contributed by atoms with Gasteiger partial charge in [0.2, 0.25) is 5.91 Å². The van der Waals surface area contributed by atoms with Crippen molar-refractivity contribution in [1.29, 1.82) is 0 Å². The molecule has 5 nitrogen and oxygen atoms in total. The fourth-order valence-electron chi connectivity index (χ4n) is 3.78. The Morgan fingerprint density at radius 1 is 1.19 bits per heavy atom. The number of nitrogens with zero attached hydrogens (tertiary/aromatic N) is 3. The molecule has 0 bridgehead atoms. The fraction of sp³-hybridized carbons (Fsp3) is 0.292. The minimum atomic E-state index is -0.418. The molecule has 0 atom stereocenters. The molecule has 4 rings (SSSR count). The van der Waals surface area contributed by atoms with Crippen LogP contribution in [0.15, 0.2) is 47.8 Å². The largest absolute Gasteiger partial charge is 0.308 e. The normalized spacial score (nSPS) is 13.3. The van der Waals surface area contributed by atoms with E-state index >= 15 is 0 Å². The van der Waals surface area contributed by atoms with Crippen molar-refractivity contribution in [2.45, 2.75) is 26.7 Å². The summed E-state index contributed by atoms with van der Waals surface area (Å²) >= 11 is 1.43. The summed E-state index contributed by atoms with van der Waals surface area (Å²) in [5.41, 5.74) is 4.02. The molecule has 0 spiro atoms. The third-order valence-electron chi connectivity index (χ3n) is 5.41. The van der Waals surface area contributed by atoms with Gasteiger partial charge in [-0.15, -0.1) is 11.3 Å². The van der Waals surface area contributed by atoms with Crippen LogP contribution in [0.2, 0.25) is 0 Å². The Morgan fingerprint density at radius 2 is 2.00 bits per heavy atom. The smallest absolute Gasteiger partial charge is 0.258 e. The first-order valence-corrected chi connectivity index (χ1v) is 11.2. The Morgan fingerprint density at radius 3 is 2.74 bits per heavy atom. The lowest BCUT2D eigenvalue weighted by Gasteiger charge is -2.30. The van der Waals surface area contributed by atoms with Crippen LogP contribution in [0.4, 0.5) is 15.2 Å². The summed E-state index contributed by atoms with van der Waals surface area (Å²) < 4.78 is 13.6. The number of thiazole rings is 1. The molecule has 0 fully saturated rings. The second kappa shape index (κ2) is 8.59. The molecule has 0 saturated carbocycles. The molecule has 2 aromatic carbocycles. The number of carbonyl (C=O) groups is 2. The lowest BCUT2D eigenvalue weighted by atomic mass is 9.97. The Kier molecular flexibility index (Phi) is 5.87. The van der Waals surface area contributed by atoms with Crippen LogP contribution in [0.5, 0.6) is 0 Å². The molecule has 1 aromatic heterocycles. The third-order valence-corrected chi connectivity index (χ3v) is 6.33. The van der Waals surface area contributed by atoms with E-state index in [1.54, 1.807) is 29.0 Å². The zero-order chi connectivity index (χ0) is 22.1. The Bertz CT molecular complexity index is 1140. The highest BCUT2D eigenvalue weighted by molar-refractivity contribution is 7.14.